The lowest BCUT2D eigenvalue weighted by molar-refractivity contribution is -0.136. The lowest BCUT2D eigenvalue weighted by atomic mass is 10.1. The summed E-state index contributed by atoms with van der Waals surface area (Å²) in [5.74, 6) is -1.14. The first-order valence-corrected chi connectivity index (χ1v) is 11.8. The molecule has 0 saturated heterocycles. The van der Waals surface area contributed by atoms with E-state index >= 15 is 0 Å². The van der Waals surface area contributed by atoms with Gasteiger partial charge in [0.1, 0.15) is 9.45 Å². The van der Waals surface area contributed by atoms with Gasteiger partial charge in [-0.25, -0.2) is 8.42 Å². The quantitative estimate of drug-likeness (QED) is 0.254. The van der Waals surface area contributed by atoms with Crippen LogP contribution in [0.25, 0.3) is 0 Å². The molecule has 0 radical (unpaired) electrons. The van der Waals surface area contributed by atoms with Crippen LogP contribution in [-0.4, -0.2) is 28.9 Å². The zero-order valence-corrected chi connectivity index (χ0v) is 16.7. The maximum absolute atomic E-state index is 11.9. The minimum absolute atomic E-state index is 0.0184. The monoisotopic (exact) mass is 382 g/mol. The number of rotatable bonds is 14. The van der Waals surface area contributed by atoms with Crippen LogP contribution < -0.4 is 0 Å². The van der Waals surface area contributed by atoms with Gasteiger partial charge in [0.15, 0.2) is 0 Å². The molecule has 0 aromatic heterocycles. The van der Waals surface area contributed by atoms with Crippen LogP contribution in [0, 0.1) is 0 Å². The first-order valence-electron chi connectivity index (χ1n) is 8.50. The summed E-state index contributed by atoms with van der Waals surface area (Å²) >= 11 is 4.95. The Bertz CT molecular complexity index is 446. The third kappa shape index (κ3) is 12.0. The predicted molar refractivity (Wildman–Crippen MR) is 103 cm³/mol. The van der Waals surface area contributed by atoms with Crippen LogP contribution in [0.1, 0.15) is 84.5 Å². The highest BCUT2D eigenvalue weighted by Gasteiger charge is 2.25. The van der Waals surface area contributed by atoms with Crippen molar-refractivity contribution in [2.45, 2.75) is 89.7 Å². The van der Waals surface area contributed by atoms with Crippen LogP contribution in [0.15, 0.2) is 0 Å². The fourth-order valence-corrected chi connectivity index (χ4v) is 5.59. The molecule has 0 spiro atoms. The van der Waals surface area contributed by atoms with Crippen LogP contribution in [0.5, 0.6) is 0 Å². The lowest BCUT2D eigenvalue weighted by Crippen LogP contribution is -2.18. The van der Waals surface area contributed by atoms with Gasteiger partial charge >= 0.3 is 5.97 Å². The lowest BCUT2D eigenvalue weighted by Gasteiger charge is -2.08. The molecular formula is C16H30O4S3. The molecule has 23 heavy (non-hydrogen) atoms. The molecule has 0 aromatic carbocycles. The Morgan fingerprint density at radius 3 is 1.87 bits per heavy atom. The van der Waals surface area contributed by atoms with Gasteiger partial charge in [0, 0.05) is 0 Å². The van der Waals surface area contributed by atoms with Crippen LogP contribution in [0.2, 0.25) is 0 Å². The van der Waals surface area contributed by atoms with Gasteiger partial charge in [-0.2, -0.15) is 0 Å². The average Bonchev–Trinajstić information content (AvgIpc) is 2.48. The van der Waals surface area contributed by atoms with E-state index in [-0.39, 0.29) is 4.20 Å². The van der Waals surface area contributed by atoms with Gasteiger partial charge in [0.05, 0.1) is 0 Å². The molecule has 0 heterocycles. The number of thiocarbonyl (C=S) groups is 1. The summed E-state index contributed by atoms with van der Waals surface area (Å²) in [5.41, 5.74) is 0. The van der Waals surface area contributed by atoms with Crippen molar-refractivity contribution in [3.63, 3.8) is 0 Å². The molecule has 4 nitrogen and oxygen atoms in total. The molecule has 0 bridgehead atoms. The van der Waals surface area contributed by atoms with Gasteiger partial charge in [-0.15, -0.1) is 0 Å². The van der Waals surface area contributed by atoms with Gasteiger partial charge in [-0.3, -0.25) is 4.79 Å². The SMILES string of the molecule is CCCCCCCCCCCCC(=S)S(=O)(=O)SC(C)C(=O)O. The molecular weight excluding hydrogens is 352 g/mol. The average molecular weight is 383 g/mol. The minimum Gasteiger partial charge on any atom is -0.480 e. The second-order valence-corrected chi connectivity index (χ2v) is 10.8. The number of carboxylic acids is 1. The Morgan fingerprint density at radius 2 is 1.43 bits per heavy atom. The number of unbranched alkanes of at least 4 members (excludes halogenated alkanes) is 9. The zero-order chi connectivity index (χ0) is 17.7. The topological polar surface area (TPSA) is 71.4 Å². The Labute approximate surface area is 150 Å². The van der Waals surface area contributed by atoms with Crippen molar-refractivity contribution in [3.8, 4) is 0 Å². The molecule has 0 aliphatic heterocycles. The zero-order valence-electron chi connectivity index (χ0n) is 14.3. The largest absolute Gasteiger partial charge is 0.480 e. The van der Waals surface area contributed by atoms with Gasteiger partial charge in [0.2, 0.25) is 8.87 Å². The molecule has 0 aromatic rings. The molecule has 0 rings (SSSR count). The molecule has 7 heteroatoms. The second kappa shape index (κ2) is 13.2. The fraction of sp³-hybridized carbons (Fsp3) is 0.875. The standard InChI is InChI=1S/C16H30O4S3/c1-3-4-5-6-7-8-9-10-11-12-13-15(21)23(19,20)22-14(2)16(17)18/h14H,3-13H2,1-2H3,(H,17,18). The summed E-state index contributed by atoms with van der Waals surface area (Å²) < 4.78 is 23.8. The van der Waals surface area contributed by atoms with Gasteiger partial charge in [0.25, 0.3) is 0 Å². The Morgan fingerprint density at radius 1 is 1.00 bits per heavy atom. The van der Waals surface area contributed by atoms with Crippen LogP contribution >= 0.6 is 23.0 Å². The Balaban J connectivity index is 3.72. The van der Waals surface area contributed by atoms with E-state index in [1.807, 2.05) is 0 Å². The summed E-state index contributed by atoms with van der Waals surface area (Å²) in [5, 5.41) is 7.77. The summed E-state index contributed by atoms with van der Waals surface area (Å²) in [4.78, 5) is 10.7. The first kappa shape index (κ1) is 22.9. The molecule has 1 N–H and O–H groups in total. The van der Waals surface area contributed by atoms with E-state index in [0.717, 1.165) is 19.3 Å². The molecule has 0 amide bonds. The number of hydrogen-bond acceptors (Lipinski definition) is 5. The second-order valence-electron chi connectivity index (χ2n) is 5.83. The first-order chi connectivity index (χ1) is 10.8. The van der Waals surface area contributed by atoms with Crippen molar-refractivity contribution in [1.82, 2.24) is 0 Å². The normalized spacial score (nSPS) is 13.0. The maximum Gasteiger partial charge on any atom is 0.317 e. The van der Waals surface area contributed by atoms with Gasteiger partial charge in [-0.1, -0.05) is 76.9 Å². The molecule has 0 aliphatic carbocycles. The summed E-state index contributed by atoms with van der Waals surface area (Å²) in [7, 11) is -3.22. The maximum atomic E-state index is 11.9. The van der Waals surface area contributed by atoms with Crippen LogP contribution in [0.4, 0.5) is 0 Å². The van der Waals surface area contributed by atoms with Crippen molar-refractivity contribution in [1.29, 1.82) is 0 Å². The van der Waals surface area contributed by atoms with Crippen LogP contribution in [0.3, 0.4) is 0 Å². The third-order valence-corrected chi connectivity index (χ3v) is 8.55. The molecule has 0 fully saturated rings. The van der Waals surface area contributed by atoms with E-state index < -0.39 is 20.1 Å². The van der Waals surface area contributed by atoms with Gasteiger partial charge in [-0.05, 0) is 30.6 Å². The number of carbonyl (C=O) groups is 1. The summed E-state index contributed by atoms with van der Waals surface area (Å²) in [6.45, 7) is 3.57. The Hall–Kier alpha value is -0.140. The van der Waals surface area contributed by atoms with Crippen molar-refractivity contribution >= 4 is 42.0 Å². The molecule has 1 atom stereocenters. The molecule has 136 valence electrons. The fourth-order valence-electron chi connectivity index (χ4n) is 2.17. The smallest absolute Gasteiger partial charge is 0.317 e. The number of carboxylic acid groups (broad SMARTS) is 1. The highest BCUT2D eigenvalue weighted by molar-refractivity contribution is 8.79. The van der Waals surface area contributed by atoms with E-state index in [2.05, 4.69) is 6.92 Å². The van der Waals surface area contributed by atoms with E-state index in [4.69, 9.17) is 17.3 Å². The third-order valence-electron chi connectivity index (χ3n) is 3.63. The van der Waals surface area contributed by atoms with Crippen molar-refractivity contribution in [3.05, 3.63) is 0 Å². The van der Waals surface area contributed by atoms with Crippen molar-refractivity contribution in [2.24, 2.45) is 0 Å². The van der Waals surface area contributed by atoms with Crippen molar-refractivity contribution in [2.75, 3.05) is 0 Å². The van der Waals surface area contributed by atoms with E-state index in [1.165, 1.54) is 51.9 Å². The van der Waals surface area contributed by atoms with E-state index in [1.54, 1.807) is 0 Å². The van der Waals surface area contributed by atoms with Crippen molar-refractivity contribution < 1.29 is 18.3 Å². The molecule has 1 unspecified atom stereocenters. The summed E-state index contributed by atoms with van der Waals surface area (Å²) in [6.07, 6.45) is 12.2. The predicted octanol–water partition coefficient (Wildman–Crippen LogP) is 5.16. The highest BCUT2D eigenvalue weighted by atomic mass is 33.1. The van der Waals surface area contributed by atoms with E-state index in [0.29, 0.717) is 17.2 Å². The highest BCUT2D eigenvalue weighted by Crippen LogP contribution is 2.24. The summed E-state index contributed by atoms with van der Waals surface area (Å²) in [6, 6.07) is 0. The van der Waals surface area contributed by atoms with Crippen LogP contribution in [-0.2, 0) is 13.7 Å². The minimum atomic E-state index is -3.65. The van der Waals surface area contributed by atoms with E-state index in [9.17, 15) is 13.2 Å². The van der Waals surface area contributed by atoms with Gasteiger partial charge < -0.3 is 5.11 Å². The molecule has 0 aliphatic rings. The molecule has 0 saturated carbocycles. The number of aliphatic carboxylic acids is 1. The Kier molecular flexibility index (Phi) is 13.1. The number of hydrogen-bond donors (Lipinski definition) is 1.